The molecule has 0 radical (unpaired) electrons. The van der Waals surface area contributed by atoms with Crippen LogP contribution in [0.4, 0.5) is 0 Å². The molecule has 0 aromatic carbocycles. The Bertz CT molecular complexity index is 196. The molecule has 0 spiro atoms. The monoisotopic (exact) mass is 157 g/mol. The lowest BCUT2D eigenvalue weighted by Crippen LogP contribution is -2.49. The summed E-state index contributed by atoms with van der Waals surface area (Å²) < 4.78 is 1.80. The number of aromatic nitrogens is 1. The average Bonchev–Trinajstić information content (AvgIpc) is 2.30. The second-order valence-electron chi connectivity index (χ2n) is 2.20. The van der Waals surface area contributed by atoms with Gasteiger partial charge in [-0.25, -0.2) is 5.84 Å². The fourth-order valence-electron chi connectivity index (χ4n) is 0.917. The molecule has 0 aliphatic carbocycles. The van der Waals surface area contributed by atoms with Crippen LogP contribution in [0.1, 0.15) is 24.5 Å². The lowest BCUT2D eigenvalue weighted by atomic mass is 10.4. The molecule has 0 atom stereocenters. The zero-order valence-corrected chi connectivity index (χ0v) is 7.24. The maximum Gasteiger partial charge on any atom is 0.266 e. The van der Waals surface area contributed by atoms with Crippen molar-refractivity contribution in [3.8, 4) is 0 Å². The molecule has 1 aromatic heterocycles. The third kappa shape index (κ3) is 1.14. The van der Waals surface area contributed by atoms with Crippen molar-refractivity contribution in [2.75, 3.05) is 5.84 Å². The summed E-state index contributed by atoms with van der Waals surface area (Å²) in [5.41, 5.74) is 1.22. The van der Waals surface area contributed by atoms with Crippen LogP contribution in [-0.2, 0) is 12.8 Å². The van der Waals surface area contributed by atoms with E-state index in [0.717, 1.165) is 12.8 Å². The number of nitrogens with two attached hydrogens (primary N) is 1. The van der Waals surface area contributed by atoms with E-state index in [4.69, 9.17) is 5.84 Å². The van der Waals surface area contributed by atoms with E-state index in [1.54, 1.807) is 16.0 Å². The predicted molar refractivity (Wildman–Crippen MR) is 43.4 cm³/mol. The first-order valence-electron chi connectivity index (χ1n) is 3.56. The standard InChI is InChI=1S/C7H13N2S/c1-3-6-5-10-7(4-2)9(6)8/h5H,3-4,8H2,1-2H3/q+1. The molecule has 2 N–H and O–H groups in total. The Hall–Kier alpha value is -0.570. The van der Waals surface area contributed by atoms with Gasteiger partial charge in [-0.2, -0.15) is 0 Å². The van der Waals surface area contributed by atoms with E-state index in [1.165, 1.54) is 10.7 Å². The summed E-state index contributed by atoms with van der Waals surface area (Å²) in [6.45, 7) is 4.24. The van der Waals surface area contributed by atoms with Crippen molar-refractivity contribution in [2.24, 2.45) is 0 Å². The average molecular weight is 157 g/mol. The van der Waals surface area contributed by atoms with Crippen LogP contribution in [-0.4, -0.2) is 0 Å². The third-order valence-electron chi connectivity index (χ3n) is 1.57. The molecule has 0 aliphatic heterocycles. The van der Waals surface area contributed by atoms with Gasteiger partial charge in [-0.3, -0.25) is 0 Å². The first-order chi connectivity index (χ1) is 4.79. The van der Waals surface area contributed by atoms with Crippen LogP contribution in [0.5, 0.6) is 0 Å². The molecule has 0 fully saturated rings. The molecule has 0 unspecified atom stereocenters. The molecule has 0 saturated carbocycles. The molecule has 1 heterocycles. The van der Waals surface area contributed by atoms with Crippen molar-refractivity contribution in [1.82, 2.24) is 0 Å². The largest absolute Gasteiger partial charge is 0.266 e. The zero-order chi connectivity index (χ0) is 7.56. The highest BCUT2D eigenvalue weighted by Crippen LogP contribution is 2.06. The van der Waals surface area contributed by atoms with E-state index in [1.807, 2.05) is 0 Å². The number of nitrogens with zero attached hydrogens (tertiary/aromatic N) is 1. The van der Waals surface area contributed by atoms with Crippen molar-refractivity contribution >= 4 is 11.3 Å². The van der Waals surface area contributed by atoms with Crippen LogP contribution < -0.4 is 10.5 Å². The molecule has 0 bridgehead atoms. The summed E-state index contributed by atoms with van der Waals surface area (Å²) in [6.07, 6.45) is 2.05. The van der Waals surface area contributed by atoms with Crippen molar-refractivity contribution in [2.45, 2.75) is 26.7 Å². The summed E-state index contributed by atoms with van der Waals surface area (Å²) in [6, 6.07) is 0. The topological polar surface area (TPSA) is 29.9 Å². The first-order valence-corrected chi connectivity index (χ1v) is 4.43. The van der Waals surface area contributed by atoms with Gasteiger partial charge in [-0.05, 0) is 0 Å². The quantitative estimate of drug-likeness (QED) is 0.501. The molecule has 2 nitrogen and oxygen atoms in total. The fourth-order valence-corrected chi connectivity index (χ4v) is 1.87. The highest BCUT2D eigenvalue weighted by Gasteiger charge is 2.13. The summed E-state index contributed by atoms with van der Waals surface area (Å²) in [4.78, 5) is 0. The van der Waals surface area contributed by atoms with Crippen LogP contribution in [0, 0.1) is 0 Å². The molecule has 3 heteroatoms. The van der Waals surface area contributed by atoms with Crippen molar-refractivity contribution in [3.63, 3.8) is 0 Å². The second kappa shape index (κ2) is 3.01. The summed E-state index contributed by atoms with van der Waals surface area (Å²) in [5.74, 6) is 5.75. The Balaban J connectivity index is 2.97. The maximum absolute atomic E-state index is 5.75. The van der Waals surface area contributed by atoms with Crippen LogP contribution in [0.3, 0.4) is 0 Å². The molecule has 56 valence electrons. The summed E-state index contributed by atoms with van der Waals surface area (Å²) in [7, 11) is 0. The SMILES string of the molecule is CCc1csc(CC)[n+]1N. The van der Waals surface area contributed by atoms with E-state index in [0.29, 0.717) is 0 Å². The summed E-state index contributed by atoms with van der Waals surface area (Å²) >= 11 is 1.74. The first kappa shape index (κ1) is 7.54. The van der Waals surface area contributed by atoms with Gasteiger partial charge in [0.25, 0.3) is 5.01 Å². The Morgan fingerprint density at radius 3 is 2.50 bits per heavy atom. The highest BCUT2D eigenvalue weighted by molar-refractivity contribution is 7.09. The smallest absolute Gasteiger partial charge is 0.204 e. The Morgan fingerprint density at radius 2 is 2.20 bits per heavy atom. The van der Waals surface area contributed by atoms with Gasteiger partial charge >= 0.3 is 0 Å². The van der Waals surface area contributed by atoms with Gasteiger partial charge in [0.1, 0.15) is 0 Å². The third-order valence-corrected chi connectivity index (χ3v) is 2.72. The zero-order valence-electron chi connectivity index (χ0n) is 6.42. The molecule has 10 heavy (non-hydrogen) atoms. The number of nitrogen functional groups attached to an aromatic ring is 1. The van der Waals surface area contributed by atoms with E-state index in [2.05, 4.69) is 19.2 Å². The van der Waals surface area contributed by atoms with E-state index in [-0.39, 0.29) is 0 Å². The number of rotatable bonds is 2. The molecule has 0 aliphatic rings. The van der Waals surface area contributed by atoms with E-state index >= 15 is 0 Å². The Labute approximate surface area is 65.3 Å². The van der Waals surface area contributed by atoms with Gasteiger partial charge in [0.2, 0.25) is 5.69 Å². The van der Waals surface area contributed by atoms with Crippen LogP contribution in [0.15, 0.2) is 5.38 Å². The van der Waals surface area contributed by atoms with Crippen LogP contribution >= 0.6 is 11.3 Å². The predicted octanol–water partition coefficient (Wildman–Crippen LogP) is 0.874. The van der Waals surface area contributed by atoms with Gasteiger partial charge in [-0.15, -0.1) is 0 Å². The van der Waals surface area contributed by atoms with Gasteiger partial charge in [0, 0.05) is 12.8 Å². The van der Waals surface area contributed by atoms with E-state index in [9.17, 15) is 0 Å². The summed E-state index contributed by atoms with van der Waals surface area (Å²) in [5, 5.41) is 3.37. The molecular weight excluding hydrogens is 144 g/mol. The normalized spacial score (nSPS) is 10.2. The van der Waals surface area contributed by atoms with E-state index < -0.39 is 0 Å². The lowest BCUT2D eigenvalue weighted by Gasteiger charge is -1.87. The lowest BCUT2D eigenvalue weighted by molar-refractivity contribution is -0.649. The number of hydrogen-bond donors (Lipinski definition) is 1. The van der Waals surface area contributed by atoms with Crippen molar-refractivity contribution < 1.29 is 4.68 Å². The van der Waals surface area contributed by atoms with Crippen LogP contribution in [0.2, 0.25) is 0 Å². The van der Waals surface area contributed by atoms with Crippen molar-refractivity contribution in [3.05, 3.63) is 16.1 Å². The molecular formula is C7H13N2S+. The molecule has 0 amide bonds. The number of thiazole rings is 1. The van der Waals surface area contributed by atoms with Gasteiger partial charge in [-0.1, -0.05) is 29.9 Å². The van der Waals surface area contributed by atoms with Gasteiger partial charge < -0.3 is 0 Å². The fraction of sp³-hybridized carbons (Fsp3) is 0.571. The second-order valence-corrected chi connectivity index (χ2v) is 3.14. The molecule has 1 rings (SSSR count). The number of hydrogen-bond acceptors (Lipinski definition) is 2. The molecule has 1 aromatic rings. The van der Waals surface area contributed by atoms with Crippen molar-refractivity contribution in [1.29, 1.82) is 0 Å². The minimum absolute atomic E-state index is 1.02. The maximum atomic E-state index is 5.75. The van der Waals surface area contributed by atoms with Gasteiger partial charge in [0.05, 0.1) is 5.38 Å². The highest BCUT2D eigenvalue weighted by atomic mass is 32.1. The minimum Gasteiger partial charge on any atom is -0.204 e. The Morgan fingerprint density at radius 1 is 1.50 bits per heavy atom. The number of aryl methyl sites for hydroxylation is 2. The Kier molecular flexibility index (Phi) is 2.27. The van der Waals surface area contributed by atoms with Gasteiger partial charge in [0.15, 0.2) is 0 Å². The minimum atomic E-state index is 1.02. The van der Waals surface area contributed by atoms with Crippen LogP contribution in [0.25, 0.3) is 0 Å². The molecule has 0 saturated heterocycles.